The van der Waals surface area contributed by atoms with Crippen LogP contribution in [0.2, 0.25) is 0 Å². The molecule has 0 aromatic carbocycles. The third kappa shape index (κ3) is 5.38. The Balaban J connectivity index is 2.74. The highest BCUT2D eigenvalue weighted by molar-refractivity contribution is 6.27. The lowest BCUT2D eigenvalue weighted by molar-refractivity contribution is -0.129. The summed E-state index contributed by atoms with van der Waals surface area (Å²) in [6, 6.07) is 0.0552. The summed E-state index contributed by atoms with van der Waals surface area (Å²) in [6.07, 6.45) is 1.52. The van der Waals surface area contributed by atoms with Crippen molar-refractivity contribution in [1.29, 1.82) is 0 Å². The molecule has 1 aliphatic rings. The van der Waals surface area contributed by atoms with Crippen molar-refractivity contribution in [2.24, 2.45) is 0 Å². The first-order valence-corrected chi connectivity index (χ1v) is 8.04. The molecule has 122 valence electrons. The summed E-state index contributed by atoms with van der Waals surface area (Å²) in [5, 5.41) is 0. The van der Waals surface area contributed by atoms with Gasteiger partial charge >= 0.3 is 6.09 Å². The van der Waals surface area contributed by atoms with Gasteiger partial charge in [-0.05, 0) is 47.5 Å². The fourth-order valence-corrected chi connectivity index (χ4v) is 2.63. The number of hydrogen-bond acceptors (Lipinski definition) is 3. The minimum Gasteiger partial charge on any atom is -0.444 e. The molecule has 0 saturated carbocycles. The average molecular weight is 319 g/mol. The molecule has 1 aliphatic heterocycles. The summed E-state index contributed by atoms with van der Waals surface area (Å²) in [5.41, 5.74) is -0.522. The van der Waals surface area contributed by atoms with Crippen molar-refractivity contribution in [1.82, 2.24) is 9.80 Å². The van der Waals surface area contributed by atoms with E-state index in [0.717, 1.165) is 19.4 Å². The van der Waals surface area contributed by atoms with E-state index in [1.54, 1.807) is 9.80 Å². The van der Waals surface area contributed by atoms with E-state index in [4.69, 9.17) is 16.3 Å². The maximum absolute atomic E-state index is 12.3. The highest BCUT2D eigenvalue weighted by Gasteiger charge is 2.33. The van der Waals surface area contributed by atoms with Gasteiger partial charge in [-0.25, -0.2) is 4.79 Å². The number of likely N-dealkylation sites (tertiary alicyclic amines) is 1. The van der Waals surface area contributed by atoms with E-state index in [-0.39, 0.29) is 30.0 Å². The summed E-state index contributed by atoms with van der Waals surface area (Å²) in [7, 11) is 0. The Kier molecular flexibility index (Phi) is 6.32. The molecular weight excluding hydrogens is 292 g/mol. The third-order valence-corrected chi connectivity index (χ3v) is 3.70. The van der Waals surface area contributed by atoms with Crippen LogP contribution in [0.4, 0.5) is 4.79 Å². The molecule has 1 heterocycles. The zero-order chi connectivity index (χ0) is 16.2. The molecule has 0 N–H and O–H groups in total. The molecule has 5 nitrogen and oxygen atoms in total. The van der Waals surface area contributed by atoms with Crippen LogP contribution < -0.4 is 0 Å². The lowest BCUT2D eigenvalue weighted by Gasteiger charge is -2.34. The van der Waals surface area contributed by atoms with E-state index in [1.165, 1.54) is 0 Å². The van der Waals surface area contributed by atoms with Gasteiger partial charge in [0.15, 0.2) is 0 Å². The maximum Gasteiger partial charge on any atom is 0.410 e. The minimum absolute atomic E-state index is 0.00931. The Morgan fingerprint density at radius 1 is 1.38 bits per heavy atom. The minimum atomic E-state index is -0.522. The van der Waals surface area contributed by atoms with Crippen molar-refractivity contribution in [3.05, 3.63) is 0 Å². The Morgan fingerprint density at radius 3 is 2.48 bits per heavy atom. The number of amides is 2. The number of hydrogen-bond donors (Lipinski definition) is 0. The van der Waals surface area contributed by atoms with Gasteiger partial charge in [0, 0.05) is 25.2 Å². The van der Waals surface area contributed by atoms with Gasteiger partial charge in [-0.2, -0.15) is 0 Å². The highest BCUT2D eigenvalue weighted by Crippen LogP contribution is 2.21. The summed E-state index contributed by atoms with van der Waals surface area (Å²) >= 11 is 5.65. The maximum atomic E-state index is 12.3. The van der Waals surface area contributed by atoms with Gasteiger partial charge in [0.1, 0.15) is 11.5 Å². The molecule has 21 heavy (non-hydrogen) atoms. The average Bonchev–Trinajstić information content (AvgIpc) is 2.80. The summed E-state index contributed by atoms with van der Waals surface area (Å²) in [5.74, 6) is -0.0722. The van der Waals surface area contributed by atoms with Crippen molar-refractivity contribution in [3.8, 4) is 0 Å². The van der Waals surface area contributed by atoms with E-state index in [2.05, 4.69) is 0 Å². The van der Waals surface area contributed by atoms with Crippen LogP contribution in [0.25, 0.3) is 0 Å². The molecule has 0 aliphatic carbocycles. The molecule has 2 amide bonds. The second-order valence-corrected chi connectivity index (χ2v) is 7.01. The van der Waals surface area contributed by atoms with Crippen LogP contribution in [-0.2, 0) is 9.53 Å². The van der Waals surface area contributed by atoms with Crippen molar-refractivity contribution < 1.29 is 14.3 Å². The topological polar surface area (TPSA) is 49.9 Å². The van der Waals surface area contributed by atoms with E-state index in [0.29, 0.717) is 6.54 Å². The molecule has 0 aromatic heterocycles. The van der Waals surface area contributed by atoms with Crippen LogP contribution in [-0.4, -0.2) is 58.5 Å². The lowest BCUT2D eigenvalue weighted by Crippen LogP contribution is -2.49. The monoisotopic (exact) mass is 318 g/mol. The largest absolute Gasteiger partial charge is 0.444 e. The van der Waals surface area contributed by atoms with Gasteiger partial charge in [0.25, 0.3) is 0 Å². The first kappa shape index (κ1) is 18.1. The Morgan fingerprint density at radius 2 is 2.00 bits per heavy atom. The van der Waals surface area contributed by atoms with Crippen LogP contribution in [0.3, 0.4) is 0 Å². The Labute approximate surface area is 132 Å². The Hall–Kier alpha value is -0.970. The molecule has 0 bridgehead atoms. The van der Waals surface area contributed by atoms with Gasteiger partial charge in [0.2, 0.25) is 5.91 Å². The van der Waals surface area contributed by atoms with E-state index in [9.17, 15) is 9.59 Å². The normalized spacial score (nSPS) is 19.0. The van der Waals surface area contributed by atoms with Crippen LogP contribution in [0.5, 0.6) is 0 Å². The number of nitrogens with zero attached hydrogens (tertiary/aromatic N) is 2. The first-order valence-electron chi connectivity index (χ1n) is 7.50. The second kappa shape index (κ2) is 7.34. The van der Waals surface area contributed by atoms with E-state index >= 15 is 0 Å². The van der Waals surface area contributed by atoms with E-state index in [1.807, 2.05) is 34.6 Å². The SMILES string of the molecule is CC(C)N(C[C@H]1CCCN1C(=O)CCl)C(=O)OC(C)(C)C. The number of halogens is 1. The van der Waals surface area contributed by atoms with Gasteiger partial charge in [-0.15, -0.1) is 11.6 Å². The lowest BCUT2D eigenvalue weighted by atomic mass is 10.2. The quantitative estimate of drug-likeness (QED) is 0.749. The standard InChI is InChI=1S/C15H27ClN2O3/c1-11(2)18(14(20)21-15(3,4)5)10-12-7-6-8-17(12)13(19)9-16/h11-12H,6-10H2,1-5H3/t12-/m1/s1. The van der Waals surface area contributed by atoms with Crippen molar-refractivity contribution >= 4 is 23.6 Å². The van der Waals surface area contributed by atoms with Gasteiger partial charge in [0.05, 0.1) is 0 Å². The predicted octanol–water partition coefficient (Wildman–Crippen LogP) is 2.86. The molecule has 0 radical (unpaired) electrons. The molecule has 1 fully saturated rings. The van der Waals surface area contributed by atoms with Gasteiger partial charge in [-0.1, -0.05) is 0 Å². The van der Waals surface area contributed by atoms with Crippen LogP contribution in [0, 0.1) is 0 Å². The zero-order valence-corrected chi connectivity index (χ0v) is 14.4. The molecule has 1 saturated heterocycles. The highest BCUT2D eigenvalue weighted by atomic mass is 35.5. The number of rotatable bonds is 4. The smallest absolute Gasteiger partial charge is 0.410 e. The summed E-state index contributed by atoms with van der Waals surface area (Å²) in [6.45, 7) is 10.7. The van der Waals surface area contributed by atoms with Crippen molar-refractivity contribution in [3.63, 3.8) is 0 Å². The Bertz CT molecular complexity index is 380. The van der Waals surface area contributed by atoms with Crippen molar-refractivity contribution in [2.75, 3.05) is 19.0 Å². The number of alkyl halides is 1. The number of ether oxygens (including phenoxy) is 1. The van der Waals surface area contributed by atoms with Crippen LogP contribution in [0.1, 0.15) is 47.5 Å². The zero-order valence-electron chi connectivity index (χ0n) is 13.7. The second-order valence-electron chi connectivity index (χ2n) is 6.74. The van der Waals surface area contributed by atoms with E-state index < -0.39 is 5.60 Å². The summed E-state index contributed by atoms with van der Waals surface area (Å²) < 4.78 is 5.45. The van der Waals surface area contributed by atoms with Crippen molar-refractivity contribution in [2.45, 2.75) is 65.1 Å². The molecule has 0 unspecified atom stereocenters. The van der Waals surface area contributed by atoms with Crippen LogP contribution >= 0.6 is 11.6 Å². The molecular formula is C15H27ClN2O3. The predicted molar refractivity (Wildman–Crippen MR) is 83.5 cm³/mol. The van der Waals surface area contributed by atoms with Gasteiger partial charge in [-0.3, -0.25) is 4.79 Å². The number of carbonyl (C=O) groups excluding carboxylic acids is 2. The van der Waals surface area contributed by atoms with Crippen LogP contribution in [0.15, 0.2) is 0 Å². The summed E-state index contributed by atoms with van der Waals surface area (Å²) in [4.78, 5) is 27.6. The third-order valence-electron chi connectivity index (χ3n) is 3.47. The molecule has 1 atom stereocenters. The molecule has 1 rings (SSSR count). The molecule has 6 heteroatoms. The fraction of sp³-hybridized carbons (Fsp3) is 0.867. The number of carbonyl (C=O) groups is 2. The fourth-order valence-electron chi connectivity index (χ4n) is 2.47. The molecule has 0 spiro atoms. The first-order chi connectivity index (χ1) is 9.65. The molecule has 0 aromatic rings. The van der Waals surface area contributed by atoms with Gasteiger partial charge < -0.3 is 14.5 Å².